The van der Waals surface area contributed by atoms with Crippen LogP contribution in [0, 0.1) is 0 Å². The smallest absolute Gasteiger partial charge is 0.140 e. The molecule has 4 rings (SSSR count). The Labute approximate surface area is 153 Å². The van der Waals surface area contributed by atoms with E-state index in [-0.39, 0.29) is 6.61 Å². The third-order valence-corrected chi connectivity index (χ3v) is 4.83. The molecule has 0 unspecified atom stereocenters. The van der Waals surface area contributed by atoms with Crippen LogP contribution >= 0.6 is 0 Å². The first-order valence-electron chi connectivity index (χ1n) is 9.03. The summed E-state index contributed by atoms with van der Waals surface area (Å²) in [7, 11) is 0. The van der Waals surface area contributed by atoms with E-state index in [9.17, 15) is 5.11 Å². The highest BCUT2D eigenvalue weighted by atomic mass is 16.5. The molecule has 0 spiro atoms. The Bertz CT molecular complexity index is 837. The van der Waals surface area contributed by atoms with Crippen molar-refractivity contribution >= 4 is 0 Å². The number of nitrogens with zero attached hydrogens (tertiary/aromatic N) is 1. The van der Waals surface area contributed by atoms with Crippen molar-refractivity contribution in [1.29, 1.82) is 0 Å². The van der Waals surface area contributed by atoms with Gasteiger partial charge in [0.05, 0.1) is 19.8 Å². The average Bonchev–Trinajstić information content (AvgIpc) is 3.08. The minimum Gasteiger partial charge on any atom is -0.455 e. The normalized spacial score (nSPS) is 15.3. The fourth-order valence-electron chi connectivity index (χ4n) is 3.46. The number of aliphatic hydroxyl groups excluding tert-OH is 1. The van der Waals surface area contributed by atoms with Gasteiger partial charge in [-0.25, -0.2) is 0 Å². The minimum atomic E-state index is -0.0414. The van der Waals surface area contributed by atoms with E-state index in [1.165, 1.54) is 0 Å². The van der Waals surface area contributed by atoms with Gasteiger partial charge >= 0.3 is 0 Å². The van der Waals surface area contributed by atoms with Crippen molar-refractivity contribution in [3.63, 3.8) is 0 Å². The highest BCUT2D eigenvalue weighted by molar-refractivity contribution is 5.72. The molecule has 1 aliphatic rings. The molecule has 134 valence electrons. The molecule has 2 aromatic carbocycles. The van der Waals surface area contributed by atoms with E-state index in [0.717, 1.165) is 66.6 Å². The lowest BCUT2D eigenvalue weighted by Gasteiger charge is -2.26. The molecule has 1 N–H and O–H groups in total. The Kier molecular flexibility index (Phi) is 5.16. The van der Waals surface area contributed by atoms with Crippen LogP contribution in [0.5, 0.6) is 0 Å². The van der Waals surface area contributed by atoms with Crippen molar-refractivity contribution in [3.8, 4) is 22.6 Å². The van der Waals surface area contributed by atoms with Gasteiger partial charge in [0.2, 0.25) is 0 Å². The van der Waals surface area contributed by atoms with E-state index in [1.807, 2.05) is 48.5 Å². The molecule has 0 radical (unpaired) electrons. The second kappa shape index (κ2) is 7.87. The zero-order valence-electron chi connectivity index (χ0n) is 14.7. The van der Waals surface area contributed by atoms with Crippen LogP contribution in [0.1, 0.15) is 11.1 Å². The maximum Gasteiger partial charge on any atom is 0.140 e. The summed E-state index contributed by atoms with van der Waals surface area (Å²) < 4.78 is 11.8. The Hall–Kier alpha value is -2.40. The summed E-state index contributed by atoms with van der Waals surface area (Å²) in [5.41, 5.74) is 3.97. The number of morpholine rings is 1. The number of hydrogen-bond donors (Lipinski definition) is 1. The molecule has 26 heavy (non-hydrogen) atoms. The predicted octanol–water partition coefficient (Wildman–Crippen LogP) is 3.94. The van der Waals surface area contributed by atoms with Crippen molar-refractivity contribution in [2.24, 2.45) is 0 Å². The molecule has 4 nitrogen and oxygen atoms in total. The Morgan fingerprint density at radius 2 is 1.31 bits per heavy atom. The van der Waals surface area contributed by atoms with Gasteiger partial charge in [0.25, 0.3) is 0 Å². The zero-order chi connectivity index (χ0) is 17.8. The lowest BCUT2D eigenvalue weighted by atomic mass is 10.0. The van der Waals surface area contributed by atoms with Gasteiger partial charge in [-0.05, 0) is 0 Å². The molecular formula is C22H23NO3. The van der Waals surface area contributed by atoms with E-state index in [2.05, 4.69) is 17.0 Å². The third kappa shape index (κ3) is 3.44. The van der Waals surface area contributed by atoms with Gasteiger partial charge < -0.3 is 14.3 Å². The predicted molar refractivity (Wildman–Crippen MR) is 102 cm³/mol. The van der Waals surface area contributed by atoms with Crippen molar-refractivity contribution in [2.75, 3.05) is 26.3 Å². The molecule has 1 aliphatic heterocycles. The van der Waals surface area contributed by atoms with Crippen molar-refractivity contribution in [2.45, 2.75) is 13.2 Å². The number of furan rings is 1. The molecule has 4 heteroatoms. The van der Waals surface area contributed by atoms with E-state index in [1.54, 1.807) is 0 Å². The Balaban J connectivity index is 1.81. The van der Waals surface area contributed by atoms with Gasteiger partial charge in [-0.3, -0.25) is 4.90 Å². The highest BCUT2D eigenvalue weighted by Crippen LogP contribution is 2.38. The molecule has 3 aromatic rings. The summed E-state index contributed by atoms with van der Waals surface area (Å²) in [5, 5.41) is 10.1. The Morgan fingerprint density at radius 1 is 0.769 bits per heavy atom. The largest absolute Gasteiger partial charge is 0.455 e. The summed E-state index contributed by atoms with van der Waals surface area (Å²) in [4.78, 5) is 2.36. The lowest BCUT2D eigenvalue weighted by molar-refractivity contribution is 0.0340. The Morgan fingerprint density at radius 3 is 1.85 bits per heavy atom. The minimum absolute atomic E-state index is 0.0414. The second-order valence-electron chi connectivity index (χ2n) is 6.50. The van der Waals surface area contributed by atoms with Gasteiger partial charge in [0, 0.05) is 41.9 Å². The van der Waals surface area contributed by atoms with Crippen LogP contribution in [-0.4, -0.2) is 36.3 Å². The second-order valence-corrected chi connectivity index (χ2v) is 6.50. The standard InChI is InChI=1S/C22H23NO3/c24-16-20-19(15-23-11-13-25-14-12-23)21(17-7-3-1-4-8-17)26-22(20)18-9-5-2-6-10-18/h1-10,24H,11-16H2. The molecule has 2 heterocycles. The first-order valence-corrected chi connectivity index (χ1v) is 9.03. The molecule has 1 saturated heterocycles. The van der Waals surface area contributed by atoms with Crippen molar-refractivity contribution < 1.29 is 14.3 Å². The molecule has 0 aliphatic carbocycles. The van der Waals surface area contributed by atoms with E-state index < -0.39 is 0 Å². The number of rotatable bonds is 5. The fraction of sp³-hybridized carbons (Fsp3) is 0.273. The van der Waals surface area contributed by atoms with Gasteiger partial charge in [0.15, 0.2) is 0 Å². The van der Waals surface area contributed by atoms with E-state index >= 15 is 0 Å². The van der Waals surface area contributed by atoms with Crippen LogP contribution in [0.15, 0.2) is 65.1 Å². The maximum atomic E-state index is 10.1. The molecule has 1 fully saturated rings. The van der Waals surface area contributed by atoms with Crippen LogP contribution in [0.25, 0.3) is 22.6 Å². The molecule has 0 amide bonds. The summed E-state index contributed by atoms with van der Waals surface area (Å²) >= 11 is 0. The molecule has 0 saturated carbocycles. The van der Waals surface area contributed by atoms with E-state index in [0.29, 0.717) is 0 Å². The first-order chi connectivity index (χ1) is 12.9. The monoisotopic (exact) mass is 349 g/mol. The molecule has 0 bridgehead atoms. The quantitative estimate of drug-likeness (QED) is 0.758. The topological polar surface area (TPSA) is 45.8 Å². The van der Waals surface area contributed by atoms with Crippen molar-refractivity contribution in [3.05, 3.63) is 71.8 Å². The average molecular weight is 349 g/mol. The fourth-order valence-corrected chi connectivity index (χ4v) is 3.46. The molecule has 1 aromatic heterocycles. The number of ether oxygens (including phenoxy) is 1. The highest BCUT2D eigenvalue weighted by Gasteiger charge is 2.24. The summed E-state index contributed by atoms with van der Waals surface area (Å²) in [6.45, 7) is 3.99. The molecule has 0 atom stereocenters. The number of hydrogen-bond acceptors (Lipinski definition) is 4. The zero-order valence-corrected chi connectivity index (χ0v) is 14.7. The van der Waals surface area contributed by atoms with Crippen LogP contribution in [0.3, 0.4) is 0 Å². The van der Waals surface area contributed by atoms with Crippen LogP contribution < -0.4 is 0 Å². The summed E-state index contributed by atoms with van der Waals surface area (Å²) in [6, 6.07) is 20.1. The maximum absolute atomic E-state index is 10.1. The van der Waals surface area contributed by atoms with Gasteiger partial charge in [-0.1, -0.05) is 60.7 Å². The van der Waals surface area contributed by atoms with Crippen LogP contribution in [-0.2, 0) is 17.9 Å². The van der Waals surface area contributed by atoms with Gasteiger partial charge in [-0.15, -0.1) is 0 Å². The number of aliphatic hydroxyl groups is 1. The van der Waals surface area contributed by atoms with E-state index in [4.69, 9.17) is 9.15 Å². The van der Waals surface area contributed by atoms with Gasteiger partial charge in [-0.2, -0.15) is 0 Å². The SMILES string of the molecule is OCc1c(-c2ccccc2)oc(-c2ccccc2)c1CN1CCOCC1. The lowest BCUT2D eigenvalue weighted by Crippen LogP contribution is -2.35. The summed E-state index contributed by atoms with van der Waals surface area (Å²) in [5.74, 6) is 1.61. The van der Waals surface area contributed by atoms with Crippen molar-refractivity contribution in [1.82, 2.24) is 4.90 Å². The first kappa shape index (κ1) is 17.0. The van der Waals surface area contributed by atoms with Crippen LogP contribution in [0.4, 0.5) is 0 Å². The van der Waals surface area contributed by atoms with Crippen LogP contribution in [0.2, 0.25) is 0 Å². The third-order valence-electron chi connectivity index (χ3n) is 4.83. The summed E-state index contributed by atoms with van der Waals surface area (Å²) in [6.07, 6.45) is 0. The van der Waals surface area contributed by atoms with Gasteiger partial charge in [0.1, 0.15) is 11.5 Å². The number of benzene rings is 2. The molecular weight excluding hydrogens is 326 g/mol.